The number of thiophene rings is 1. The standard InChI is InChI=1S/C27H24ClFN4O7S/c1-27(2,3)40-26(39)32(4)18-11-15-17(12-16(18)29)30-25(38)33(23(15)35)14-7-5-13(6-8-14)22(34)31-21(24(36)37)19-9-10-20(28)41-19/h5-12,21H,1-4H3,(H,30,38)(H,31,34)(H,36,37). The lowest BCUT2D eigenvalue weighted by atomic mass is 10.1. The second kappa shape index (κ2) is 11.2. The summed E-state index contributed by atoms with van der Waals surface area (Å²) < 4.78 is 21.3. The smallest absolute Gasteiger partial charge is 0.414 e. The molecule has 1 unspecified atom stereocenters. The third-order valence-corrected chi connectivity index (χ3v) is 7.08. The third-order valence-electron chi connectivity index (χ3n) is 5.78. The number of hydrogen-bond donors (Lipinski definition) is 3. The lowest BCUT2D eigenvalue weighted by Gasteiger charge is -2.25. The molecule has 2 aromatic carbocycles. The monoisotopic (exact) mass is 602 g/mol. The van der Waals surface area contributed by atoms with Crippen molar-refractivity contribution >= 4 is 57.5 Å². The number of carbonyl (C=O) groups is 3. The maximum absolute atomic E-state index is 14.9. The number of halogens is 2. The number of rotatable bonds is 6. The van der Waals surface area contributed by atoms with Gasteiger partial charge in [-0.1, -0.05) is 11.6 Å². The molecule has 0 fully saturated rings. The van der Waals surface area contributed by atoms with E-state index >= 15 is 0 Å². The van der Waals surface area contributed by atoms with Gasteiger partial charge in [0.25, 0.3) is 11.5 Å². The maximum Gasteiger partial charge on any atom is 0.414 e. The minimum atomic E-state index is -1.33. The summed E-state index contributed by atoms with van der Waals surface area (Å²) in [4.78, 5) is 66.8. The van der Waals surface area contributed by atoms with E-state index in [1.165, 1.54) is 43.4 Å². The Morgan fingerprint density at radius 3 is 2.34 bits per heavy atom. The van der Waals surface area contributed by atoms with Crippen molar-refractivity contribution in [1.29, 1.82) is 0 Å². The summed E-state index contributed by atoms with van der Waals surface area (Å²) in [6.07, 6.45) is -0.846. The summed E-state index contributed by atoms with van der Waals surface area (Å²) in [7, 11) is 1.29. The summed E-state index contributed by atoms with van der Waals surface area (Å²) in [5.74, 6) is -2.85. The van der Waals surface area contributed by atoms with Gasteiger partial charge in [0.15, 0.2) is 6.04 Å². The van der Waals surface area contributed by atoms with E-state index in [2.05, 4.69) is 10.3 Å². The number of ether oxygens (including phenoxy) is 1. The predicted octanol–water partition coefficient (Wildman–Crippen LogP) is 4.46. The lowest BCUT2D eigenvalue weighted by Crippen LogP contribution is -2.36. The Morgan fingerprint density at radius 2 is 1.78 bits per heavy atom. The van der Waals surface area contributed by atoms with Gasteiger partial charge in [0.2, 0.25) is 0 Å². The number of benzene rings is 2. The van der Waals surface area contributed by atoms with Gasteiger partial charge < -0.3 is 20.1 Å². The Kier molecular flexibility index (Phi) is 8.04. The topological polar surface area (TPSA) is 151 Å². The first-order valence-electron chi connectivity index (χ1n) is 12.0. The van der Waals surface area contributed by atoms with Gasteiger partial charge in [0.05, 0.1) is 26.6 Å². The van der Waals surface area contributed by atoms with E-state index in [0.717, 1.165) is 32.9 Å². The number of H-pyrrole nitrogens is 1. The first-order chi connectivity index (χ1) is 19.2. The van der Waals surface area contributed by atoms with Crippen molar-refractivity contribution in [2.75, 3.05) is 11.9 Å². The first-order valence-corrected chi connectivity index (χ1v) is 13.2. The van der Waals surface area contributed by atoms with Crippen LogP contribution in [0.25, 0.3) is 16.6 Å². The summed E-state index contributed by atoms with van der Waals surface area (Å²) in [6.45, 7) is 4.95. The van der Waals surface area contributed by atoms with Crippen LogP contribution < -0.4 is 21.5 Å². The average molecular weight is 603 g/mol. The van der Waals surface area contributed by atoms with E-state index in [1.807, 2.05) is 0 Å². The number of nitrogens with one attached hydrogen (secondary N) is 2. The molecular formula is C27H24ClFN4O7S. The van der Waals surface area contributed by atoms with E-state index in [-0.39, 0.29) is 27.8 Å². The van der Waals surface area contributed by atoms with Gasteiger partial charge in [-0.2, -0.15) is 0 Å². The van der Waals surface area contributed by atoms with Crippen LogP contribution in [-0.4, -0.2) is 45.3 Å². The summed E-state index contributed by atoms with van der Waals surface area (Å²) >= 11 is 6.90. The number of aromatic amines is 1. The second-order valence-corrected chi connectivity index (χ2v) is 11.6. The zero-order valence-corrected chi connectivity index (χ0v) is 23.7. The van der Waals surface area contributed by atoms with Crippen LogP contribution in [-0.2, 0) is 9.53 Å². The third kappa shape index (κ3) is 6.31. The van der Waals surface area contributed by atoms with E-state index in [4.69, 9.17) is 16.3 Å². The number of amides is 2. The van der Waals surface area contributed by atoms with E-state index in [0.29, 0.717) is 9.21 Å². The predicted molar refractivity (Wildman–Crippen MR) is 152 cm³/mol. The Bertz CT molecular complexity index is 1790. The van der Waals surface area contributed by atoms with Crippen molar-refractivity contribution in [2.45, 2.75) is 32.4 Å². The average Bonchev–Trinajstić information content (AvgIpc) is 3.31. The molecule has 0 saturated heterocycles. The van der Waals surface area contributed by atoms with Gasteiger partial charge in [-0.05, 0) is 63.2 Å². The molecule has 2 amide bonds. The molecule has 1 atom stereocenters. The minimum absolute atomic E-state index is 0.0660. The SMILES string of the molecule is CN(C(=O)OC(C)(C)C)c1cc2c(=O)n(-c3ccc(C(=O)NC(C(=O)O)c4ccc(Cl)s4)cc3)c(=O)[nH]c2cc1F. The normalized spacial score (nSPS) is 12.1. The Hall–Kier alpha value is -4.49. The van der Waals surface area contributed by atoms with Crippen LogP contribution in [0.3, 0.4) is 0 Å². The van der Waals surface area contributed by atoms with Crippen LogP contribution in [0.4, 0.5) is 14.9 Å². The van der Waals surface area contributed by atoms with Crippen molar-refractivity contribution in [3.63, 3.8) is 0 Å². The molecular weight excluding hydrogens is 579 g/mol. The van der Waals surface area contributed by atoms with Crippen molar-refractivity contribution < 1.29 is 28.6 Å². The van der Waals surface area contributed by atoms with E-state index < -0.39 is 46.7 Å². The lowest BCUT2D eigenvalue weighted by molar-refractivity contribution is -0.139. The highest BCUT2D eigenvalue weighted by atomic mass is 35.5. The molecule has 4 rings (SSSR count). The Balaban J connectivity index is 1.67. The molecule has 41 heavy (non-hydrogen) atoms. The van der Waals surface area contributed by atoms with Crippen LogP contribution in [0.1, 0.15) is 42.0 Å². The minimum Gasteiger partial charge on any atom is -0.479 e. The second-order valence-electron chi connectivity index (χ2n) is 9.89. The summed E-state index contributed by atoms with van der Waals surface area (Å²) in [5, 5.41) is 11.9. The van der Waals surface area contributed by atoms with Gasteiger partial charge in [0, 0.05) is 23.6 Å². The Morgan fingerprint density at radius 1 is 1.12 bits per heavy atom. The number of anilines is 1. The molecule has 0 aliphatic heterocycles. The van der Waals surface area contributed by atoms with E-state index in [1.54, 1.807) is 20.8 Å². The zero-order valence-electron chi connectivity index (χ0n) is 22.2. The number of fused-ring (bicyclic) bond motifs is 1. The number of carboxylic acids is 1. The summed E-state index contributed by atoms with van der Waals surface area (Å²) in [6, 6.07) is 9.03. The van der Waals surface area contributed by atoms with Crippen LogP contribution in [0.5, 0.6) is 0 Å². The maximum atomic E-state index is 14.9. The van der Waals surface area contributed by atoms with Gasteiger partial charge in [0.1, 0.15) is 11.4 Å². The molecule has 4 aromatic rings. The highest BCUT2D eigenvalue weighted by Gasteiger charge is 2.26. The van der Waals surface area contributed by atoms with E-state index in [9.17, 15) is 33.5 Å². The molecule has 0 bridgehead atoms. The van der Waals surface area contributed by atoms with Gasteiger partial charge in [-0.3, -0.25) is 14.5 Å². The number of hydrogen-bond acceptors (Lipinski definition) is 7. The quantitative estimate of drug-likeness (QED) is 0.295. The molecule has 2 heterocycles. The molecule has 214 valence electrons. The molecule has 2 aromatic heterocycles. The number of aliphatic carboxylic acids is 1. The fourth-order valence-electron chi connectivity index (χ4n) is 3.86. The zero-order chi connectivity index (χ0) is 30.2. The number of nitrogens with zero attached hydrogens (tertiary/aromatic N) is 2. The molecule has 11 nitrogen and oxygen atoms in total. The van der Waals surface area contributed by atoms with Crippen LogP contribution in [0.2, 0.25) is 4.34 Å². The van der Waals surface area contributed by atoms with Crippen LogP contribution in [0.15, 0.2) is 58.1 Å². The van der Waals surface area contributed by atoms with Crippen molar-refractivity contribution in [3.8, 4) is 5.69 Å². The van der Waals surface area contributed by atoms with Gasteiger partial charge >= 0.3 is 17.8 Å². The fourth-order valence-corrected chi connectivity index (χ4v) is 4.97. The number of carbonyl (C=O) groups excluding carboxylic acids is 2. The number of aromatic nitrogens is 2. The molecule has 0 radical (unpaired) electrons. The van der Waals surface area contributed by atoms with Gasteiger partial charge in [-0.15, -0.1) is 11.3 Å². The first kappa shape index (κ1) is 29.5. The molecule has 14 heteroatoms. The van der Waals surface area contributed by atoms with Crippen LogP contribution in [0, 0.1) is 5.82 Å². The molecule has 0 aliphatic rings. The Labute approximate surface area is 240 Å². The molecule has 3 N–H and O–H groups in total. The van der Waals surface area contributed by atoms with Crippen molar-refractivity contribution in [3.05, 3.63) is 90.0 Å². The molecule has 0 aliphatic carbocycles. The highest BCUT2D eigenvalue weighted by molar-refractivity contribution is 7.16. The van der Waals surface area contributed by atoms with Crippen LogP contribution >= 0.6 is 22.9 Å². The van der Waals surface area contributed by atoms with Crippen molar-refractivity contribution in [1.82, 2.24) is 14.9 Å². The highest BCUT2D eigenvalue weighted by Crippen LogP contribution is 2.28. The summed E-state index contributed by atoms with van der Waals surface area (Å²) in [5.41, 5.74) is -2.69. The number of carboxylic acid groups (broad SMARTS) is 1. The van der Waals surface area contributed by atoms with Crippen molar-refractivity contribution in [2.24, 2.45) is 0 Å². The molecule has 0 spiro atoms. The largest absolute Gasteiger partial charge is 0.479 e. The van der Waals surface area contributed by atoms with Gasteiger partial charge in [-0.25, -0.2) is 23.3 Å². The molecule has 0 saturated carbocycles. The fraction of sp³-hybridized carbons (Fsp3) is 0.222.